The van der Waals surface area contributed by atoms with Gasteiger partial charge >= 0.3 is 0 Å². The van der Waals surface area contributed by atoms with Gasteiger partial charge in [0, 0.05) is 36.9 Å². The van der Waals surface area contributed by atoms with Crippen molar-refractivity contribution >= 4 is 23.5 Å². The van der Waals surface area contributed by atoms with Gasteiger partial charge in [-0.05, 0) is 49.3 Å². The number of hydrogen-bond acceptors (Lipinski definition) is 5. The fraction of sp³-hybridized carbons (Fsp3) is 0.550. The third-order valence-corrected chi connectivity index (χ3v) is 5.66. The van der Waals surface area contributed by atoms with E-state index in [9.17, 15) is 0 Å². The Balaban J connectivity index is 1.41. The molecular weight excluding hydrogens is 350 g/mol. The van der Waals surface area contributed by atoms with Gasteiger partial charge in [-0.15, -0.1) is 0 Å². The van der Waals surface area contributed by atoms with E-state index in [0.717, 1.165) is 44.1 Å². The Morgan fingerprint density at radius 2 is 2.12 bits per heavy atom. The average Bonchev–Trinajstić information content (AvgIpc) is 2.63. The zero-order valence-electron chi connectivity index (χ0n) is 15.4. The zero-order chi connectivity index (χ0) is 18.4. The van der Waals surface area contributed by atoms with Crippen molar-refractivity contribution in [3.05, 3.63) is 40.7 Å². The van der Waals surface area contributed by atoms with Crippen LogP contribution in [0.5, 0.6) is 0 Å². The second-order valence-corrected chi connectivity index (χ2v) is 7.51. The van der Waals surface area contributed by atoms with Crippen molar-refractivity contribution < 1.29 is 9.47 Å². The standard InChI is InChI=1S/C20H28ClN3O2/c1-15-2-5-18(12-19(15)21)23-7-6-20(22)26-14-17-4-3-16(17)13-24-8-10-25-11-9-24/h2,5-7,12,16-17H,3-4,8-11,13-14,22H2,1H3. The van der Waals surface area contributed by atoms with Crippen molar-refractivity contribution in [2.45, 2.75) is 19.8 Å². The fourth-order valence-corrected chi connectivity index (χ4v) is 3.50. The number of morpholine rings is 1. The zero-order valence-corrected chi connectivity index (χ0v) is 16.1. The molecule has 5 nitrogen and oxygen atoms in total. The molecule has 142 valence electrons. The highest BCUT2D eigenvalue weighted by Gasteiger charge is 2.33. The summed E-state index contributed by atoms with van der Waals surface area (Å²) in [6.07, 6.45) is 5.86. The summed E-state index contributed by atoms with van der Waals surface area (Å²) < 4.78 is 11.1. The molecule has 1 heterocycles. The molecule has 1 saturated carbocycles. The summed E-state index contributed by atoms with van der Waals surface area (Å²) in [5.41, 5.74) is 7.78. The van der Waals surface area contributed by atoms with E-state index in [1.807, 2.05) is 25.1 Å². The van der Waals surface area contributed by atoms with Gasteiger partial charge in [0.15, 0.2) is 5.88 Å². The minimum Gasteiger partial charge on any atom is -0.479 e. The first kappa shape index (κ1) is 19.2. The van der Waals surface area contributed by atoms with Crippen LogP contribution in [0.25, 0.3) is 0 Å². The van der Waals surface area contributed by atoms with Gasteiger partial charge in [-0.1, -0.05) is 17.7 Å². The number of aliphatic imine (C=N–C) groups is 1. The highest BCUT2D eigenvalue weighted by Crippen LogP contribution is 2.35. The average molecular weight is 378 g/mol. The number of halogens is 1. The lowest BCUT2D eigenvalue weighted by atomic mass is 9.74. The summed E-state index contributed by atoms with van der Waals surface area (Å²) in [6, 6.07) is 5.71. The minimum absolute atomic E-state index is 0.406. The van der Waals surface area contributed by atoms with E-state index >= 15 is 0 Å². The van der Waals surface area contributed by atoms with Crippen LogP contribution < -0.4 is 5.73 Å². The summed E-state index contributed by atoms with van der Waals surface area (Å²) >= 11 is 6.10. The molecule has 3 rings (SSSR count). The molecule has 1 aliphatic carbocycles. The quantitative estimate of drug-likeness (QED) is 0.583. The van der Waals surface area contributed by atoms with Gasteiger partial charge in [0.1, 0.15) is 0 Å². The summed E-state index contributed by atoms with van der Waals surface area (Å²) in [7, 11) is 0. The van der Waals surface area contributed by atoms with Crippen LogP contribution in [0.2, 0.25) is 5.02 Å². The number of benzene rings is 1. The first-order valence-electron chi connectivity index (χ1n) is 9.30. The first-order valence-corrected chi connectivity index (χ1v) is 9.68. The lowest BCUT2D eigenvalue weighted by Crippen LogP contribution is -2.44. The molecule has 0 amide bonds. The van der Waals surface area contributed by atoms with Crippen molar-refractivity contribution in [2.24, 2.45) is 22.6 Å². The molecule has 2 unspecified atom stereocenters. The molecule has 0 spiro atoms. The Labute approximate surface area is 160 Å². The van der Waals surface area contributed by atoms with Crippen LogP contribution in [0.1, 0.15) is 18.4 Å². The Morgan fingerprint density at radius 3 is 2.81 bits per heavy atom. The molecule has 1 aromatic rings. The molecule has 26 heavy (non-hydrogen) atoms. The summed E-state index contributed by atoms with van der Waals surface area (Å²) in [6.45, 7) is 7.61. The van der Waals surface area contributed by atoms with Crippen LogP contribution in [-0.2, 0) is 9.47 Å². The predicted molar refractivity (Wildman–Crippen MR) is 106 cm³/mol. The molecule has 0 radical (unpaired) electrons. The maximum Gasteiger partial charge on any atom is 0.185 e. The van der Waals surface area contributed by atoms with Gasteiger partial charge in [0.05, 0.1) is 25.5 Å². The molecular formula is C20H28ClN3O2. The molecule has 1 saturated heterocycles. The Morgan fingerprint density at radius 1 is 1.35 bits per heavy atom. The van der Waals surface area contributed by atoms with Crippen LogP contribution in [0.15, 0.2) is 35.2 Å². The second kappa shape index (κ2) is 9.40. The molecule has 0 aromatic heterocycles. The number of aryl methyl sites for hydroxylation is 1. The predicted octanol–water partition coefficient (Wildman–Crippen LogP) is 3.53. The van der Waals surface area contributed by atoms with E-state index in [4.69, 9.17) is 26.8 Å². The first-order chi connectivity index (χ1) is 12.6. The van der Waals surface area contributed by atoms with Crippen LogP contribution in [0, 0.1) is 18.8 Å². The van der Waals surface area contributed by atoms with Gasteiger partial charge in [0.25, 0.3) is 0 Å². The largest absolute Gasteiger partial charge is 0.479 e. The molecule has 2 atom stereocenters. The number of nitrogens with zero attached hydrogens (tertiary/aromatic N) is 2. The normalized spacial score (nSPS) is 24.6. The van der Waals surface area contributed by atoms with Crippen molar-refractivity contribution in [1.29, 1.82) is 0 Å². The molecule has 2 aliphatic rings. The molecule has 2 fully saturated rings. The van der Waals surface area contributed by atoms with E-state index in [1.54, 1.807) is 12.3 Å². The Bertz CT molecular complexity index is 656. The van der Waals surface area contributed by atoms with Crippen LogP contribution in [0.4, 0.5) is 5.69 Å². The van der Waals surface area contributed by atoms with Crippen molar-refractivity contribution in [3.63, 3.8) is 0 Å². The lowest BCUT2D eigenvalue weighted by Gasteiger charge is -2.40. The molecule has 1 aromatic carbocycles. The van der Waals surface area contributed by atoms with Gasteiger partial charge in [0.2, 0.25) is 0 Å². The third-order valence-electron chi connectivity index (χ3n) is 5.25. The highest BCUT2D eigenvalue weighted by atomic mass is 35.5. The highest BCUT2D eigenvalue weighted by molar-refractivity contribution is 6.31. The van der Waals surface area contributed by atoms with Crippen LogP contribution in [0.3, 0.4) is 0 Å². The van der Waals surface area contributed by atoms with Crippen LogP contribution in [-0.4, -0.2) is 50.6 Å². The molecule has 0 bridgehead atoms. The maximum absolute atomic E-state index is 6.10. The van der Waals surface area contributed by atoms with Crippen molar-refractivity contribution in [3.8, 4) is 0 Å². The van der Waals surface area contributed by atoms with E-state index in [0.29, 0.717) is 29.3 Å². The van der Waals surface area contributed by atoms with Gasteiger partial charge in [-0.2, -0.15) is 0 Å². The van der Waals surface area contributed by atoms with E-state index in [-0.39, 0.29) is 0 Å². The smallest absolute Gasteiger partial charge is 0.185 e. The third kappa shape index (κ3) is 5.47. The van der Waals surface area contributed by atoms with E-state index < -0.39 is 0 Å². The van der Waals surface area contributed by atoms with Crippen LogP contribution >= 0.6 is 11.6 Å². The summed E-state index contributed by atoms with van der Waals surface area (Å²) in [4.78, 5) is 6.84. The number of hydrogen-bond donors (Lipinski definition) is 1. The minimum atomic E-state index is 0.406. The van der Waals surface area contributed by atoms with Crippen molar-refractivity contribution in [2.75, 3.05) is 39.5 Å². The van der Waals surface area contributed by atoms with E-state index in [2.05, 4.69) is 9.89 Å². The lowest BCUT2D eigenvalue weighted by molar-refractivity contribution is -0.00188. The van der Waals surface area contributed by atoms with E-state index in [1.165, 1.54) is 12.8 Å². The maximum atomic E-state index is 6.10. The SMILES string of the molecule is Cc1ccc(N=CC=C(N)OCC2CCC2CN2CCOCC2)cc1Cl. The monoisotopic (exact) mass is 377 g/mol. The topological polar surface area (TPSA) is 60.1 Å². The molecule has 1 aliphatic heterocycles. The Hall–Kier alpha value is -1.56. The van der Waals surface area contributed by atoms with Gasteiger partial charge < -0.3 is 15.2 Å². The number of rotatable bonds is 7. The molecule has 2 N–H and O–H groups in total. The molecule has 6 heteroatoms. The number of allylic oxidation sites excluding steroid dienone is 1. The van der Waals surface area contributed by atoms with Gasteiger partial charge in [-0.25, -0.2) is 0 Å². The summed E-state index contributed by atoms with van der Waals surface area (Å²) in [5, 5.41) is 0.712. The second-order valence-electron chi connectivity index (χ2n) is 7.10. The Kier molecular flexibility index (Phi) is 6.94. The number of ether oxygens (including phenoxy) is 2. The van der Waals surface area contributed by atoms with Gasteiger partial charge in [-0.3, -0.25) is 9.89 Å². The van der Waals surface area contributed by atoms with Crippen molar-refractivity contribution in [1.82, 2.24) is 4.90 Å². The number of nitrogens with two attached hydrogens (primary N) is 1. The fourth-order valence-electron chi connectivity index (χ4n) is 3.32. The summed E-state index contributed by atoms with van der Waals surface area (Å²) in [5.74, 6) is 1.71.